The molecule has 0 aliphatic heterocycles. The van der Waals surface area contributed by atoms with Gasteiger partial charge in [0.15, 0.2) is 0 Å². The average Bonchev–Trinajstić information content (AvgIpc) is 3.13. The molecule has 4 aliphatic carbocycles. The number of nitrogens with one attached hydrogen (secondary N) is 1. The summed E-state index contributed by atoms with van der Waals surface area (Å²) < 4.78 is 5.38. The van der Waals surface area contributed by atoms with Crippen LogP contribution in [0.3, 0.4) is 0 Å². The van der Waals surface area contributed by atoms with E-state index in [1.54, 1.807) is 0 Å². The Hall–Kier alpha value is -1.06. The third-order valence-corrected chi connectivity index (χ3v) is 11.4. The highest BCUT2D eigenvalue weighted by molar-refractivity contribution is 5.86. The van der Waals surface area contributed by atoms with Gasteiger partial charge in [-0.25, -0.2) is 10.2 Å². The van der Waals surface area contributed by atoms with Crippen molar-refractivity contribution in [2.24, 2.45) is 57.4 Å². The van der Waals surface area contributed by atoms with E-state index in [1.165, 1.54) is 69.9 Å². The topological polar surface area (TPSA) is 50.7 Å². The van der Waals surface area contributed by atoms with Gasteiger partial charge < -0.3 is 4.74 Å². The molecule has 0 aromatic rings. The summed E-state index contributed by atoms with van der Waals surface area (Å²) in [5.41, 5.74) is 4.36. The summed E-state index contributed by atoms with van der Waals surface area (Å²) >= 11 is 0. The van der Waals surface area contributed by atoms with Gasteiger partial charge in [-0.1, -0.05) is 53.9 Å². The predicted octanol–water partition coefficient (Wildman–Crippen LogP) is 8.99. The summed E-state index contributed by atoms with van der Waals surface area (Å²) in [5, 5.41) is 4.51. The van der Waals surface area contributed by atoms with Gasteiger partial charge in [0, 0.05) is 5.71 Å². The fraction of sp³-hybridized carbons (Fsp3) is 0.938. The van der Waals surface area contributed by atoms with Gasteiger partial charge in [0.05, 0.1) is 0 Å². The molecule has 0 heterocycles. The van der Waals surface area contributed by atoms with Crippen LogP contribution >= 0.6 is 0 Å². The van der Waals surface area contributed by atoms with E-state index >= 15 is 0 Å². The number of ether oxygens (including phenoxy) is 1. The number of fused-ring (bicyclic) bond motifs is 5. The Balaban J connectivity index is 1.38. The van der Waals surface area contributed by atoms with Crippen molar-refractivity contribution in [3.05, 3.63) is 0 Å². The molecule has 4 heteroatoms. The summed E-state index contributed by atoms with van der Waals surface area (Å²) in [6.45, 7) is 18.3. The van der Waals surface area contributed by atoms with Crippen molar-refractivity contribution in [3.63, 3.8) is 0 Å². The highest BCUT2D eigenvalue weighted by Crippen LogP contribution is 2.68. The van der Waals surface area contributed by atoms with Crippen LogP contribution in [0, 0.1) is 52.3 Å². The van der Waals surface area contributed by atoms with E-state index in [0.717, 1.165) is 48.3 Å². The lowest BCUT2D eigenvalue weighted by molar-refractivity contribution is -0.105. The summed E-state index contributed by atoms with van der Waals surface area (Å²) in [5.74, 6) is 6.11. The zero-order chi connectivity index (χ0) is 26.3. The molecule has 0 bridgehead atoms. The molecular formula is C32H56N2O2. The van der Waals surface area contributed by atoms with Gasteiger partial charge in [-0.15, -0.1) is 0 Å². The van der Waals surface area contributed by atoms with Gasteiger partial charge in [0.1, 0.15) is 5.60 Å². The van der Waals surface area contributed by atoms with Crippen LogP contribution in [0.25, 0.3) is 0 Å². The lowest BCUT2D eigenvalue weighted by atomic mass is 9.44. The van der Waals surface area contributed by atoms with Crippen LogP contribution in [0.5, 0.6) is 0 Å². The second-order valence-electron chi connectivity index (χ2n) is 15.2. The highest BCUT2D eigenvalue weighted by atomic mass is 16.6. The molecule has 0 radical (unpaired) electrons. The first-order chi connectivity index (χ1) is 16.8. The van der Waals surface area contributed by atoms with E-state index < -0.39 is 11.7 Å². The molecule has 206 valence electrons. The van der Waals surface area contributed by atoms with Crippen LogP contribution in [0.2, 0.25) is 0 Å². The molecule has 0 saturated heterocycles. The van der Waals surface area contributed by atoms with Crippen molar-refractivity contribution < 1.29 is 9.53 Å². The molecular weight excluding hydrogens is 444 g/mol. The molecule has 36 heavy (non-hydrogen) atoms. The Morgan fingerprint density at radius 1 is 1.00 bits per heavy atom. The van der Waals surface area contributed by atoms with Crippen molar-refractivity contribution in [1.82, 2.24) is 5.43 Å². The van der Waals surface area contributed by atoms with Crippen LogP contribution in [-0.2, 0) is 4.74 Å². The van der Waals surface area contributed by atoms with Crippen molar-refractivity contribution in [1.29, 1.82) is 0 Å². The highest BCUT2D eigenvalue weighted by Gasteiger charge is 2.60. The van der Waals surface area contributed by atoms with Gasteiger partial charge in [0.25, 0.3) is 0 Å². The molecule has 4 fully saturated rings. The van der Waals surface area contributed by atoms with Crippen LogP contribution < -0.4 is 5.43 Å². The van der Waals surface area contributed by atoms with Gasteiger partial charge >= 0.3 is 6.09 Å². The van der Waals surface area contributed by atoms with E-state index in [-0.39, 0.29) is 0 Å². The van der Waals surface area contributed by atoms with Gasteiger partial charge in [-0.3, -0.25) is 0 Å². The smallest absolute Gasteiger partial charge is 0.428 e. The van der Waals surface area contributed by atoms with Crippen molar-refractivity contribution in [3.8, 4) is 0 Å². The summed E-state index contributed by atoms with van der Waals surface area (Å²) in [6, 6.07) is 0. The molecule has 4 saturated carbocycles. The average molecular weight is 501 g/mol. The molecule has 4 aliphatic rings. The van der Waals surface area contributed by atoms with Crippen molar-refractivity contribution in [2.45, 2.75) is 138 Å². The number of nitrogens with zero attached hydrogens (tertiary/aromatic N) is 1. The molecule has 4 unspecified atom stereocenters. The van der Waals surface area contributed by atoms with E-state index in [9.17, 15) is 4.79 Å². The molecule has 4 nitrogen and oxygen atoms in total. The SMILES string of the molecule is CC(C)CCC[C@@H](C)[C@H]1CCC2C3CCC4C/C(=N/NC(=O)OC(C)(C)C)CC[C@]4(C)C3CC[C@@]21C. The number of hydrazone groups is 1. The first kappa shape index (κ1) is 28.0. The van der Waals surface area contributed by atoms with E-state index in [4.69, 9.17) is 4.74 Å². The number of rotatable bonds is 6. The Bertz CT molecular complexity index is 813. The maximum absolute atomic E-state index is 12.1. The largest absolute Gasteiger partial charge is 0.443 e. The number of amides is 1. The summed E-state index contributed by atoms with van der Waals surface area (Å²) in [6.07, 6.45) is 15.7. The normalized spacial score (nSPS) is 40.4. The van der Waals surface area contributed by atoms with E-state index in [1.807, 2.05) is 20.8 Å². The first-order valence-corrected chi connectivity index (χ1v) is 15.4. The maximum Gasteiger partial charge on any atom is 0.428 e. The zero-order valence-electron chi connectivity index (χ0n) is 24.8. The fourth-order valence-corrected chi connectivity index (χ4v) is 9.61. The molecule has 0 spiro atoms. The third-order valence-electron chi connectivity index (χ3n) is 11.4. The lowest BCUT2D eigenvalue weighted by Crippen LogP contribution is -2.54. The molecule has 8 atom stereocenters. The monoisotopic (exact) mass is 500 g/mol. The lowest BCUT2D eigenvalue weighted by Gasteiger charge is -2.61. The standard InChI is InChI=1S/C32H56N2O2/c1-21(2)10-9-11-22(3)26-14-15-27-25-13-12-23-20-24(33-34-29(35)36-30(4,5)6)16-18-31(23,7)28(25)17-19-32(26,27)8/h21-23,25-28H,9-20H2,1-8H3,(H,34,35)/b33-24+/t22-,23?,25?,26-,27?,28?,31+,32-/m1/s1. The quantitative estimate of drug-likeness (QED) is 0.370. The molecule has 4 rings (SSSR count). The Morgan fingerprint density at radius 2 is 1.72 bits per heavy atom. The molecule has 1 amide bonds. The molecule has 1 N–H and O–H groups in total. The second kappa shape index (κ2) is 10.6. The Morgan fingerprint density at radius 3 is 2.42 bits per heavy atom. The summed E-state index contributed by atoms with van der Waals surface area (Å²) in [7, 11) is 0. The van der Waals surface area contributed by atoms with Crippen LogP contribution in [0.4, 0.5) is 4.79 Å². The minimum absolute atomic E-state index is 0.437. The molecule has 0 aromatic heterocycles. The maximum atomic E-state index is 12.1. The van der Waals surface area contributed by atoms with E-state index in [2.05, 4.69) is 45.1 Å². The Kier molecular flexibility index (Phi) is 8.23. The predicted molar refractivity (Wildman–Crippen MR) is 150 cm³/mol. The minimum Gasteiger partial charge on any atom is -0.443 e. The van der Waals surface area contributed by atoms with Crippen LogP contribution in [-0.4, -0.2) is 17.4 Å². The number of carbonyl (C=O) groups is 1. The Labute approximate surface area is 222 Å². The van der Waals surface area contributed by atoms with Gasteiger partial charge in [-0.05, 0) is 131 Å². The van der Waals surface area contributed by atoms with E-state index in [0.29, 0.717) is 16.7 Å². The van der Waals surface area contributed by atoms with Crippen molar-refractivity contribution in [2.75, 3.05) is 0 Å². The summed E-state index contributed by atoms with van der Waals surface area (Å²) in [4.78, 5) is 12.1. The second-order valence-corrected chi connectivity index (χ2v) is 15.2. The first-order valence-electron chi connectivity index (χ1n) is 15.4. The number of carbonyl (C=O) groups excluding carboxylic acids is 1. The van der Waals surface area contributed by atoms with Crippen LogP contribution in [0.1, 0.15) is 132 Å². The third kappa shape index (κ3) is 5.68. The van der Waals surface area contributed by atoms with Crippen LogP contribution in [0.15, 0.2) is 5.10 Å². The minimum atomic E-state index is -0.492. The fourth-order valence-electron chi connectivity index (χ4n) is 9.61. The number of hydrogen-bond donors (Lipinski definition) is 1. The zero-order valence-corrected chi connectivity index (χ0v) is 24.8. The number of hydrogen-bond acceptors (Lipinski definition) is 3. The van der Waals surface area contributed by atoms with Crippen molar-refractivity contribution >= 4 is 11.8 Å². The van der Waals surface area contributed by atoms with Gasteiger partial charge in [-0.2, -0.15) is 5.10 Å². The molecule has 0 aromatic carbocycles. The van der Waals surface area contributed by atoms with Gasteiger partial charge in [0.2, 0.25) is 0 Å².